The zero-order valence-corrected chi connectivity index (χ0v) is 13.4. The highest BCUT2D eigenvalue weighted by Crippen LogP contribution is 2.27. The molecule has 1 atom stereocenters. The third-order valence-corrected chi connectivity index (χ3v) is 3.35. The van der Waals surface area contributed by atoms with E-state index in [9.17, 15) is 0 Å². The SMILES string of the molecule is CC(C)Cc1ccc(C(CC(C)(C)N)N(C)C)cc1. The number of nitrogens with two attached hydrogens (primary N) is 1. The van der Waals surface area contributed by atoms with Crippen molar-refractivity contribution in [2.24, 2.45) is 11.7 Å². The molecule has 0 heterocycles. The molecule has 108 valence electrons. The van der Waals surface area contributed by atoms with Crippen molar-refractivity contribution >= 4 is 0 Å². The number of hydrogen-bond acceptors (Lipinski definition) is 2. The van der Waals surface area contributed by atoms with Gasteiger partial charge in [-0.25, -0.2) is 0 Å². The van der Waals surface area contributed by atoms with Crippen LogP contribution in [0.25, 0.3) is 0 Å². The average Bonchev–Trinajstić information content (AvgIpc) is 2.25. The van der Waals surface area contributed by atoms with Crippen molar-refractivity contribution in [1.82, 2.24) is 4.90 Å². The van der Waals surface area contributed by atoms with Gasteiger partial charge in [0.1, 0.15) is 0 Å². The molecule has 0 aliphatic heterocycles. The maximum atomic E-state index is 6.18. The molecule has 0 aliphatic rings. The van der Waals surface area contributed by atoms with Crippen LogP contribution in [0.4, 0.5) is 0 Å². The predicted molar refractivity (Wildman–Crippen MR) is 84.3 cm³/mol. The summed E-state index contributed by atoms with van der Waals surface area (Å²) in [5.74, 6) is 0.707. The first-order chi connectivity index (χ1) is 8.69. The van der Waals surface area contributed by atoms with Gasteiger partial charge in [-0.3, -0.25) is 0 Å². The Kier molecular flexibility index (Phi) is 5.57. The van der Waals surface area contributed by atoms with Gasteiger partial charge in [0.25, 0.3) is 0 Å². The van der Waals surface area contributed by atoms with Crippen LogP contribution >= 0.6 is 0 Å². The fourth-order valence-electron chi connectivity index (χ4n) is 2.44. The molecule has 0 aliphatic carbocycles. The maximum Gasteiger partial charge on any atom is 0.0359 e. The van der Waals surface area contributed by atoms with Crippen LogP contribution in [0.2, 0.25) is 0 Å². The molecule has 1 unspecified atom stereocenters. The molecule has 1 aromatic carbocycles. The lowest BCUT2D eigenvalue weighted by molar-refractivity contribution is 0.243. The zero-order chi connectivity index (χ0) is 14.6. The maximum absolute atomic E-state index is 6.18. The van der Waals surface area contributed by atoms with Gasteiger partial charge in [-0.15, -0.1) is 0 Å². The monoisotopic (exact) mass is 262 g/mol. The lowest BCUT2D eigenvalue weighted by atomic mass is 9.90. The van der Waals surface area contributed by atoms with Gasteiger partial charge < -0.3 is 10.6 Å². The number of hydrogen-bond donors (Lipinski definition) is 1. The van der Waals surface area contributed by atoms with E-state index in [1.54, 1.807) is 0 Å². The molecule has 19 heavy (non-hydrogen) atoms. The zero-order valence-electron chi connectivity index (χ0n) is 13.4. The Morgan fingerprint density at radius 2 is 1.63 bits per heavy atom. The second kappa shape index (κ2) is 6.53. The van der Waals surface area contributed by atoms with Gasteiger partial charge in [-0.1, -0.05) is 38.1 Å². The molecule has 0 spiro atoms. The lowest BCUT2D eigenvalue weighted by Crippen LogP contribution is -2.37. The number of benzene rings is 1. The minimum absolute atomic E-state index is 0.147. The van der Waals surface area contributed by atoms with Crippen molar-refractivity contribution < 1.29 is 0 Å². The van der Waals surface area contributed by atoms with Crippen molar-refractivity contribution in [3.63, 3.8) is 0 Å². The van der Waals surface area contributed by atoms with Gasteiger partial charge in [0, 0.05) is 11.6 Å². The van der Waals surface area contributed by atoms with Crippen LogP contribution in [0.3, 0.4) is 0 Å². The second-order valence-electron chi connectivity index (χ2n) is 7.01. The van der Waals surface area contributed by atoms with E-state index in [-0.39, 0.29) is 5.54 Å². The fraction of sp³-hybridized carbons (Fsp3) is 0.647. The summed E-state index contributed by atoms with van der Waals surface area (Å²) in [5, 5.41) is 0. The minimum Gasteiger partial charge on any atom is -0.325 e. The Labute approximate surface area is 119 Å². The summed E-state index contributed by atoms with van der Waals surface area (Å²) >= 11 is 0. The van der Waals surface area contributed by atoms with Gasteiger partial charge in [0.15, 0.2) is 0 Å². The third kappa shape index (κ3) is 5.75. The van der Waals surface area contributed by atoms with Gasteiger partial charge in [-0.2, -0.15) is 0 Å². The molecule has 0 bridgehead atoms. The highest BCUT2D eigenvalue weighted by atomic mass is 15.1. The Hall–Kier alpha value is -0.860. The molecule has 1 rings (SSSR count). The highest BCUT2D eigenvalue weighted by molar-refractivity contribution is 5.25. The second-order valence-corrected chi connectivity index (χ2v) is 7.01. The first kappa shape index (κ1) is 16.2. The van der Waals surface area contributed by atoms with Crippen LogP contribution < -0.4 is 5.73 Å². The smallest absolute Gasteiger partial charge is 0.0359 e. The topological polar surface area (TPSA) is 29.3 Å². The van der Waals surface area contributed by atoms with Crippen LogP contribution in [0.15, 0.2) is 24.3 Å². The number of rotatable bonds is 6. The summed E-state index contributed by atoms with van der Waals surface area (Å²) in [4.78, 5) is 2.26. The Morgan fingerprint density at radius 3 is 2.00 bits per heavy atom. The third-order valence-electron chi connectivity index (χ3n) is 3.35. The van der Waals surface area contributed by atoms with Crippen molar-refractivity contribution in [1.29, 1.82) is 0 Å². The van der Waals surface area contributed by atoms with E-state index < -0.39 is 0 Å². The lowest BCUT2D eigenvalue weighted by Gasteiger charge is -2.31. The quantitative estimate of drug-likeness (QED) is 0.848. The Morgan fingerprint density at radius 1 is 1.11 bits per heavy atom. The highest BCUT2D eigenvalue weighted by Gasteiger charge is 2.22. The normalized spacial score (nSPS) is 14.2. The minimum atomic E-state index is -0.147. The molecule has 0 fully saturated rings. The molecule has 2 nitrogen and oxygen atoms in total. The van der Waals surface area contributed by atoms with Crippen LogP contribution in [-0.4, -0.2) is 24.5 Å². The van der Waals surface area contributed by atoms with Crippen molar-refractivity contribution in [2.75, 3.05) is 14.1 Å². The summed E-state index contributed by atoms with van der Waals surface area (Å²) in [6.07, 6.45) is 2.11. The van der Waals surface area contributed by atoms with E-state index in [4.69, 9.17) is 5.73 Å². The van der Waals surface area contributed by atoms with Crippen molar-refractivity contribution in [3.05, 3.63) is 35.4 Å². The standard InChI is InChI=1S/C17H30N2/c1-13(2)11-14-7-9-15(10-8-14)16(19(5)6)12-17(3,4)18/h7-10,13,16H,11-12,18H2,1-6H3. The summed E-state index contributed by atoms with van der Waals surface area (Å²) in [5.41, 5.74) is 8.81. The Bertz CT molecular complexity index is 371. The number of nitrogens with zero attached hydrogens (tertiary/aromatic N) is 1. The van der Waals surface area contributed by atoms with Gasteiger partial charge in [0.2, 0.25) is 0 Å². The summed E-state index contributed by atoms with van der Waals surface area (Å²) < 4.78 is 0. The molecule has 0 saturated heterocycles. The first-order valence-electron chi connectivity index (χ1n) is 7.23. The van der Waals surface area contributed by atoms with E-state index in [0.717, 1.165) is 12.8 Å². The summed E-state index contributed by atoms with van der Waals surface area (Å²) in [6, 6.07) is 9.42. The van der Waals surface area contributed by atoms with E-state index in [2.05, 4.69) is 71.0 Å². The van der Waals surface area contributed by atoms with Crippen molar-refractivity contribution in [2.45, 2.75) is 52.1 Å². The van der Waals surface area contributed by atoms with Gasteiger partial charge >= 0.3 is 0 Å². The van der Waals surface area contributed by atoms with E-state index in [1.807, 2.05) is 0 Å². The average molecular weight is 262 g/mol. The van der Waals surface area contributed by atoms with Crippen LogP contribution in [0.1, 0.15) is 51.3 Å². The molecule has 2 heteroatoms. The van der Waals surface area contributed by atoms with Gasteiger partial charge in [0.05, 0.1) is 0 Å². The van der Waals surface area contributed by atoms with Crippen LogP contribution in [0, 0.1) is 5.92 Å². The van der Waals surface area contributed by atoms with Gasteiger partial charge in [-0.05, 0) is 57.8 Å². The molecular formula is C17H30N2. The molecule has 0 aromatic heterocycles. The van der Waals surface area contributed by atoms with E-state index in [1.165, 1.54) is 11.1 Å². The summed E-state index contributed by atoms with van der Waals surface area (Å²) in [7, 11) is 4.25. The Balaban J connectivity index is 2.86. The fourth-order valence-corrected chi connectivity index (χ4v) is 2.44. The molecule has 0 saturated carbocycles. The molecule has 0 amide bonds. The summed E-state index contributed by atoms with van der Waals surface area (Å²) in [6.45, 7) is 8.70. The largest absolute Gasteiger partial charge is 0.325 e. The molecule has 0 radical (unpaired) electrons. The van der Waals surface area contributed by atoms with Crippen LogP contribution in [0.5, 0.6) is 0 Å². The molecule has 1 aromatic rings. The van der Waals surface area contributed by atoms with E-state index in [0.29, 0.717) is 12.0 Å². The van der Waals surface area contributed by atoms with E-state index >= 15 is 0 Å². The predicted octanol–water partition coefficient (Wildman–Crippen LogP) is 3.62. The molecule has 2 N–H and O–H groups in total. The first-order valence-corrected chi connectivity index (χ1v) is 7.23. The van der Waals surface area contributed by atoms with Crippen LogP contribution in [-0.2, 0) is 6.42 Å². The molecular weight excluding hydrogens is 232 g/mol. The van der Waals surface area contributed by atoms with Crippen molar-refractivity contribution in [3.8, 4) is 0 Å².